The minimum absolute atomic E-state index is 0.0485. The highest BCUT2D eigenvalue weighted by molar-refractivity contribution is 5.92. The summed E-state index contributed by atoms with van der Waals surface area (Å²) in [4.78, 5) is 36.0. The number of aliphatic hydroxyl groups excluding tert-OH is 1. The van der Waals surface area contributed by atoms with Crippen LogP contribution in [0.1, 0.15) is 52.9 Å². The predicted molar refractivity (Wildman–Crippen MR) is 102 cm³/mol. The molecule has 5 atom stereocenters. The molecular weight excluding hydrogens is 360 g/mol. The van der Waals surface area contributed by atoms with Gasteiger partial charge in [-0.3, -0.25) is 9.59 Å². The third-order valence-electron chi connectivity index (χ3n) is 7.29. The average molecular weight is 390 g/mol. The number of esters is 2. The fourth-order valence-electron chi connectivity index (χ4n) is 5.65. The van der Waals surface area contributed by atoms with E-state index in [-0.39, 0.29) is 36.2 Å². The highest BCUT2D eigenvalue weighted by Crippen LogP contribution is 2.60. The van der Waals surface area contributed by atoms with Crippen LogP contribution in [-0.4, -0.2) is 42.1 Å². The molecule has 0 aromatic rings. The SMILES string of the molecule is C=C1CC[C@H]2[C@@](C)(CCC(=O)[C@@]2(C)CO)[C@@H]1C/C=C1/C(=O)OC[C@@H]1OC(C)=O. The highest BCUT2D eigenvalue weighted by Gasteiger charge is 2.57. The van der Waals surface area contributed by atoms with Crippen LogP contribution >= 0.6 is 0 Å². The second kappa shape index (κ2) is 7.47. The zero-order chi connectivity index (χ0) is 20.7. The molecule has 3 aliphatic rings. The van der Waals surface area contributed by atoms with Gasteiger partial charge in [0.05, 0.1) is 17.6 Å². The lowest BCUT2D eigenvalue weighted by Crippen LogP contribution is -2.55. The van der Waals surface area contributed by atoms with Gasteiger partial charge < -0.3 is 14.6 Å². The Bertz CT molecular complexity index is 737. The number of carbonyl (C=O) groups excluding carboxylic acids is 3. The van der Waals surface area contributed by atoms with Crippen molar-refractivity contribution in [3.8, 4) is 0 Å². The molecule has 1 heterocycles. The summed E-state index contributed by atoms with van der Waals surface area (Å²) in [6, 6.07) is 0. The van der Waals surface area contributed by atoms with E-state index in [9.17, 15) is 19.5 Å². The molecule has 0 spiro atoms. The van der Waals surface area contributed by atoms with Crippen molar-refractivity contribution < 1.29 is 29.0 Å². The molecule has 0 aromatic carbocycles. The summed E-state index contributed by atoms with van der Waals surface area (Å²) < 4.78 is 10.3. The van der Waals surface area contributed by atoms with E-state index in [1.165, 1.54) is 6.92 Å². The van der Waals surface area contributed by atoms with Crippen molar-refractivity contribution in [1.82, 2.24) is 0 Å². The Balaban J connectivity index is 1.88. The summed E-state index contributed by atoms with van der Waals surface area (Å²) in [5.74, 6) is -0.610. The lowest BCUT2D eigenvalue weighted by molar-refractivity contribution is -0.151. The molecule has 1 saturated heterocycles. The Morgan fingerprint density at radius 3 is 2.71 bits per heavy atom. The molecule has 6 heteroatoms. The maximum Gasteiger partial charge on any atom is 0.337 e. The zero-order valence-corrected chi connectivity index (χ0v) is 17.0. The molecule has 1 aliphatic heterocycles. The Morgan fingerprint density at radius 1 is 1.36 bits per heavy atom. The van der Waals surface area contributed by atoms with Crippen LogP contribution in [0.25, 0.3) is 0 Å². The normalized spacial score (nSPS) is 39.6. The van der Waals surface area contributed by atoms with Crippen molar-refractivity contribution in [3.05, 3.63) is 23.8 Å². The third kappa shape index (κ3) is 3.32. The summed E-state index contributed by atoms with van der Waals surface area (Å²) in [6.45, 7) is 9.55. The van der Waals surface area contributed by atoms with Crippen LogP contribution in [-0.2, 0) is 23.9 Å². The Hall–Kier alpha value is -1.95. The monoisotopic (exact) mass is 390 g/mol. The number of fused-ring (bicyclic) bond motifs is 1. The van der Waals surface area contributed by atoms with E-state index in [4.69, 9.17) is 9.47 Å². The first-order chi connectivity index (χ1) is 13.1. The minimum atomic E-state index is -0.730. The Morgan fingerprint density at radius 2 is 2.07 bits per heavy atom. The van der Waals surface area contributed by atoms with Gasteiger partial charge >= 0.3 is 11.9 Å². The molecule has 3 rings (SSSR count). The third-order valence-corrected chi connectivity index (χ3v) is 7.29. The van der Waals surface area contributed by atoms with Crippen LogP contribution in [0.4, 0.5) is 0 Å². The standard InChI is InChI=1S/C22H30O6/c1-13-5-8-18-21(3,10-9-19(25)22(18,4)12-23)16(13)7-6-15-17(28-14(2)24)11-27-20(15)26/h6,16-18,23H,1,5,7-12H2,2-4H3/b15-6+/t16-,17+,18+,21+,22+/m1/s1. The molecule has 154 valence electrons. The van der Waals surface area contributed by atoms with Crippen molar-refractivity contribution in [3.63, 3.8) is 0 Å². The number of cyclic esters (lactones) is 1. The van der Waals surface area contributed by atoms with E-state index in [0.717, 1.165) is 24.8 Å². The Kier molecular flexibility index (Phi) is 5.54. The molecule has 6 nitrogen and oxygen atoms in total. The van der Waals surface area contributed by atoms with Gasteiger partial charge in [-0.05, 0) is 42.9 Å². The number of ketones is 1. The molecule has 0 radical (unpaired) electrons. The number of aliphatic hydroxyl groups is 1. The topological polar surface area (TPSA) is 89.9 Å². The van der Waals surface area contributed by atoms with Crippen molar-refractivity contribution >= 4 is 17.7 Å². The van der Waals surface area contributed by atoms with Gasteiger partial charge in [0.25, 0.3) is 0 Å². The van der Waals surface area contributed by atoms with Gasteiger partial charge in [-0.1, -0.05) is 32.1 Å². The fourth-order valence-corrected chi connectivity index (χ4v) is 5.65. The van der Waals surface area contributed by atoms with Crippen LogP contribution in [0.3, 0.4) is 0 Å². The van der Waals surface area contributed by atoms with E-state index >= 15 is 0 Å². The van der Waals surface area contributed by atoms with Crippen molar-refractivity contribution in [2.45, 2.75) is 59.0 Å². The maximum atomic E-state index is 12.6. The quantitative estimate of drug-likeness (QED) is 0.451. The minimum Gasteiger partial charge on any atom is -0.458 e. The number of ether oxygens (including phenoxy) is 2. The summed E-state index contributed by atoms with van der Waals surface area (Å²) in [7, 11) is 0. The summed E-state index contributed by atoms with van der Waals surface area (Å²) in [5.41, 5.74) is 0.578. The first kappa shape index (κ1) is 20.8. The smallest absolute Gasteiger partial charge is 0.337 e. The first-order valence-corrected chi connectivity index (χ1v) is 9.99. The number of hydrogen-bond donors (Lipinski definition) is 1. The summed E-state index contributed by atoms with van der Waals surface area (Å²) in [6.07, 6.45) is 4.56. The van der Waals surface area contributed by atoms with Crippen LogP contribution in [0.5, 0.6) is 0 Å². The largest absolute Gasteiger partial charge is 0.458 e. The number of rotatable bonds is 4. The molecule has 0 aromatic heterocycles. The highest BCUT2D eigenvalue weighted by atomic mass is 16.6. The Labute approximate surface area is 166 Å². The molecule has 3 fully saturated rings. The fraction of sp³-hybridized carbons (Fsp3) is 0.682. The van der Waals surface area contributed by atoms with E-state index in [2.05, 4.69) is 13.5 Å². The molecule has 2 aliphatic carbocycles. The number of hydrogen-bond acceptors (Lipinski definition) is 6. The van der Waals surface area contributed by atoms with Crippen molar-refractivity contribution in [1.29, 1.82) is 0 Å². The van der Waals surface area contributed by atoms with Crippen molar-refractivity contribution in [2.24, 2.45) is 22.7 Å². The van der Waals surface area contributed by atoms with E-state index in [0.29, 0.717) is 18.4 Å². The molecular formula is C22H30O6. The second-order valence-corrected chi connectivity index (χ2v) is 8.90. The number of Topliss-reactive ketones (excluding diaryl/α,β-unsaturated/α-hetero) is 1. The first-order valence-electron chi connectivity index (χ1n) is 9.99. The van der Waals surface area contributed by atoms with Gasteiger partial charge in [0, 0.05) is 13.3 Å². The number of carbonyl (C=O) groups is 3. The second-order valence-electron chi connectivity index (χ2n) is 8.90. The van der Waals surface area contributed by atoms with Crippen LogP contribution in [0, 0.1) is 22.7 Å². The zero-order valence-electron chi connectivity index (χ0n) is 17.0. The van der Waals surface area contributed by atoms with Gasteiger partial charge in [0.1, 0.15) is 12.4 Å². The lowest BCUT2D eigenvalue weighted by atomic mass is 9.46. The van der Waals surface area contributed by atoms with Gasteiger partial charge in [-0.25, -0.2) is 4.79 Å². The predicted octanol–water partition coefficient (Wildman–Crippen LogP) is 2.74. The van der Waals surface area contributed by atoms with Gasteiger partial charge in [-0.15, -0.1) is 0 Å². The molecule has 0 bridgehead atoms. The van der Waals surface area contributed by atoms with Crippen LogP contribution in [0.15, 0.2) is 23.8 Å². The molecule has 1 N–H and O–H groups in total. The maximum absolute atomic E-state index is 12.6. The number of allylic oxidation sites excluding steroid dienone is 2. The molecule has 0 unspecified atom stereocenters. The van der Waals surface area contributed by atoms with Crippen LogP contribution in [0.2, 0.25) is 0 Å². The van der Waals surface area contributed by atoms with E-state index < -0.39 is 23.5 Å². The van der Waals surface area contributed by atoms with Gasteiger partial charge in [0.15, 0.2) is 6.10 Å². The molecule has 28 heavy (non-hydrogen) atoms. The molecule has 2 saturated carbocycles. The van der Waals surface area contributed by atoms with E-state index in [1.54, 1.807) is 0 Å². The van der Waals surface area contributed by atoms with Gasteiger partial charge in [0.2, 0.25) is 0 Å². The molecule has 0 amide bonds. The van der Waals surface area contributed by atoms with E-state index in [1.807, 2.05) is 13.0 Å². The lowest BCUT2D eigenvalue weighted by Gasteiger charge is -2.57. The average Bonchev–Trinajstić information content (AvgIpc) is 2.97. The van der Waals surface area contributed by atoms with Crippen molar-refractivity contribution in [2.75, 3.05) is 13.2 Å². The summed E-state index contributed by atoms with van der Waals surface area (Å²) >= 11 is 0. The van der Waals surface area contributed by atoms with Crippen LogP contribution < -0.4 is 0 Å². The summed E-state index contributed by atoms with van der Waals surface area (Å²) in [5, 5.41) is 10.0. The van der Waals surface area contributed by atoms with Gasteiger partial charge in [-0.2, -0.15) is 0 Å².